The highest BCUT2D eigenvalue weighted by Gasteiger charge is 2.35. The quantitative estimate of drug-likeness (QED) is 0.751. The fraction of sp³-hybridized carbons (Fsp3) is 0.250. The molecule has 1 heterocycles. The minimum absolute atomic E-state index is 0.103. The van der Waals surface area contributed by atoms with Crippen molar-refractivity contribution >= 4 is 27.3 Å². The van der Waals surface area contributed by atoms with Gasteiger partial charge in [-0.15, -0.1) is 0 Å². The van der Waals surface area contributed by atoms with E-state index in [0.717, 1.165) is 11.8 Å². The fourth-order valence-electron chi connectivity index (χ4n) is 2.85. The first kappa shape index (κ1) is 19.8. The van der Waals surface area contributed by atoms with Gasteiger partial charge in [0.25, 0.3) is 5.91 Å². The molecule has 28 heavy (non-hydrogen) atoms. The van der Waals surface area contributed by atoms with Crippen LogP contribution in [-0.4, -0.2) is 39.8 Å². The van der Waals surface area contributed by atoms with Gasteiger partial charge in [0.05, 0.1) is 18.5 Å². The van der Waals surface area contributed by atoms with Crippen LogP contribution in [-0.2, 0) is 14.8 Å². The molecule has 8 heteroatoms. The SMILES string of the molecule is C=CCOc1cccc(NC(=O)[C@@H]2CN(S(C)(=O)=O)c3cc(C)ccc3O2)c1. The number of carbonyl (C=O) groups is 1. The third-order valence-electron chi connectivity index (χ3n) is 4.15. The van der Waals surface area contributed by atoms with Gasteiger partial charge < -0.3 is 14.8 Å². The lowest BCUT2D eigenvalue weighted by molar-refractivity contribution is -0.122. The summed E-state index contributed by atoms with van der Waals surface area (Å²) in [6.07, 6.45) is 1.75. The van der Waals surface area contributed by atoms with Crippen molar-refractivity contribution in [2.24, 2.45) is 0 Å². The first-order valence-corrected chi connectivity index (χ1v) is 10.5. The summed E-state index contributed by atoms with van der Waals surface area (Å²) in [6.45, 7) is 5.70. The van der Waals surface area contributed by atoms with Gasteiger partial charge in [0, 0.05) is 11.8 Å². The van der Waals surface area contributed by atoms with Crippen molar-refractivity contribution < 1.29 is 22.7 Å². The van der Waals surface area contributed by atoms with Gasteiger partial charge in [0.2, 0.25) is 10.0 Å². The van der Waals surface area contributed by atoms with Gasteiger partial charge >= 0.3 is 0 Å². The molecule has 0 saturated carbocycles. The highest BCUT2D eigenvalue weighted by Crippen LogP contribution is 2.36. The standard InChI is InChI=1S/C20H22N2O5S/c1-4-10-26-16-7-5-6-15(12-16)21-20(23)19-13-22(28(3,24)25)17-11-14(2)8-9-18(17)27-19/h4-9,11-12,19H,1,10,13H2,2-3H3,(H,21,23)/t19-/m0/s1. The topological polar surface area (TPSA) is 84.9 Å². The van der Waals surface area contributed by atoms with E-state index in [2.05, 4.69) is 11.9 Å². The van der Waals surface area contributed by atoms with E-state index >= 15 is 0 Å². The third-order valence-corrected chi connectivity index (χ3v) is 5.29. The molecule has 0 bridgehead atoms. The monoisotopic (exact) mass is 402 g/mol. The molecule has 2 aromatic carbocycles. The lowest BCUT2D eigenvalue weighted by Crippen LogP contribution is -2.48. The van der Waals surface area contributed by atoms with Crippen molar-refractivity contribution in [2.45, 2.75) is 13.0 Å². The highest BCUT2D eigenvalue weighted by atomic mass is 32.2. The average Bonchev–Trinajstić information content (AvgIpc) is 2.65. The molecule has 1 aliphatic rings. The molecule has 1 N–H and O–H groups in total. The molecule has 0 unspecified atom stereocenters. The number of ether oxygens (including phenoxy) is 2. The van der Waals surface area contributed by atoms with Crippen LogP contribution in [0.1, 0.15) is 5.56 Å². The number of anilines is 2. The van der Waals surface area contributed by atoms with Crippen LogP contribution >= 0.6 is 0 Å². The minimum Gasteiger partial charge on any atom is -0.489 e. The van der Waals surface area contributed by atoms with Crippen LogP contribution < -0.4 is 19.1 Å². The number of hydrogen-bond acceptors (Lipinski definition) is 5. The van der Waals surface area contributed by atoms with Crippen molar-refractivity contribution in [2.75, 3.05) is 29.0 Å². The number of sulfonamides is 1. The largest absolute Gasteiger partial charge is 0.489 e. The van der Waals surface area contributed by atoms with E-state index in [1.165, 1.54) is 4.31 Å². The van der Waals surface area contributed by atoms with E-state index < -0.39 is 22.0 Å². The van der Waals surface area contributed by atoms with Crippen molar-refractivity contribution in [3.05, 3.63) is 60.7 Å². The van der Waals surface area contributed by atoms with Gasteiger partial charge in [-0.3, -0.25) is 9.10 Å². The fourth-order valence-corrected chi connectivity index (χ4v) is 3.76. The molecule has 0 aromatic heterocycles. The molecule has 0 spiro atoms. The second-order valence-electron chi connectivity index (χ2n) is 6.49. The molecule has 1 atom stereocenters. The Morgan fingerprint density at radius 1 is 1.36 bits per heavy atom. The normalized spacial score (nSPS) is 15.9. The van der Waals surface area contributed by atoms with E-state index in [1.807, 2.05) is 6.92 Å². The van der Waals surface area contributed by atoms with Crippen LogP contribution in [0.3, 0.4) is 0 Å². The predicted octanol–water partition coefficient (Wildman–Crippen LogP) is 2.73. The number of benzene rings is 2. The summed E-state index contributed by atoms with van der Waals surface area (Å²) in [5, 5.41) is 2.75. The number of hydrogen-bond donors (Lipinski definition) is 1. The van der Waals surface area contributed by atoms with E-state index in [9.17, 15) is 13.2 Å². The summed E-state index contributed by atoms with van der Waals surface area (Å²) < 4.78 is 36.9. The summed E-state index contributed by atoms with van der Waals surface area (Å²) in [6, 6.07) is 12.1. The lowest BCUT2D eigenvalue weighted by atomic mass is 10.1. The minimum atomic E-state index is -3.57. The first-order chi connectivity index (χ1) is 13.3. The van der Waals surface area contributed by atoms with E-state index in [-0.39, 0.29) is 6.54 Å². The van der Waals surface area contributed by atoms with Gasteiger partial charge in [0.1, 0.15) is 18.1 Å². The summed E-state index contributed by atoms with van der Waals surface area (Å²) in [4.78, 5) is 12.7. The van der Waals surface area contributed by atoms with Gasteiger partial charge in [-0.05, 0) is 36.8 Å². The number of nitrogens with one attached hydrogen (secondary N) is 1. The number of rotatable bonds is 6. The molecule has 0 radical (unpaired) electrons. The van der Waals surface area contributed by atoms with E-state index in [0.29, 0.717) is 29.5 Å². The summed E-state index contributed by atoms with van der Waals surface area (Å²) >= 11 is 0. The molecule has 2 aromatic rings. The maximum absolute atomic E-state index is 12.7. The molecule has 1 amide bonds. The Bertz CT molecular complexity index is 1000. The van der Waals surface area contributed by atoms with Crippen LogP contribution in [0.25, 0.3) is 0 Å². The summed E-state index contributed by atoms with van der Waals surface area (Å²) in [7, 11) is -3.57. The Balaban J connectivity index is 1.81. The van der Waals surface area contributed by atoms with E-state index in [4.69, 9.17) is 9.47 Å². The van der Waals surface area contributed by atoms with Crippen molar-refractivity contribution in [1.29, 1.82) is 0 Å². The molecule has 0 fully saturated rings. The Kier molecular flexibility index (Phi) is 5.60. The van der Waals surface area contributed by atoms with Gasteiger partial charge in [-0.25, -0.2) is 8.42 Å². The Morgan fingerprint density at radius 3 is 2.86 bits per heavy atom. The zero-order valence-electron chi connectivity index (χ0n) is 15.7. The van der Waals surface area contributed by atoms with Crippen LogP contribution in [0.2, 0.25) is 0 Å². The zero-order chi connectivity index (χ0) is 20.3. The Labute approximate surface area is 164 Å². The highest BCUT2D eigenvalue weighted by molar-refractivity contribution is 7.92. The van der Waals surface area contributed by atoms with Crippen molar-refractivity contribution in [3.63, 3.8) is 0 Å². The van der Waals surface area contributed by atoms with Crippen molar-refractivity contribution in [1.82, 2.24) is 0 Å². The van der Waals surface area contributed by atoms with Crippen LogP contribution in [0.4, 0.5) is 11.4 Å². The summed E-state index contributed by atoms with van der Waals surface area (Å²) in [5.41, 5.74) is 1.86. The number of carbonyl (C=O) groups excluding carboxylic acids is 1. The third kappa shape index (κ3) is 4.45. The second kappa shape index (κ2) is 7.93. The summed E-state index contributed by atoms with van der Waals surface area (Å²) in [5.74, 6) is 0.493. The Morgan fingerprint density at radius 2 is 2.14 bits per heavy atom. The van der Waals surface area contributed by atoms with Crippen LogP contribution in [0.5, 0.6) is 11.5 Å². The van der Waals surface area contributed by atoms with Gasteiger partial charge in [-0.1, -0.05) is 24.8 Å². The molecule has 0 aliphatic carbocycles. The average molecular weight is 402 g/mol. The molecular weight excluding hydrogens is 380 g/mol. The molecule has 0 saturated heterocycles. The maximum Gasteiger partial charge on any atom is 0.267 e. The molecular formula is C20H22N2O5S. The number of fused-ring (bicyclic) bond motifs is 1. The Hall–Kier alpha value is -3.00. The molecule has 1 aliphatic heterocycles. The first-order valence-electron chi connectivity index (χ1n) is 8.67. The maximum atomic E-state index is 12.7. The second-order valence-corrected chi connectivity index (χ2v) is 8.40. The molecule has 7 nitrogen and oxygen atoms in total. The lowest BCUT2D eigenvalue weighted by Gasteiger charge is -2.34. The molecule has 3 rings (SSSR count). The zero-order valence-corrected chi connectivity index (χ0v) is 16.5. The predicted molar refractivity (Wildman–Crippen MR) is 109 cm³/mol. The molecule has 148 valence electrons. The van der Waals surface area contributed by atoms with Crippen LogP contribution in [0.15, 0.2) is 55.1 Å². The number of amides is 1. The smallest absolute Gasteiger partial charge is 0.267 e. The van der Waals surface area contributed by atoms with Crippen molar-refractivity contribution in [3.8, 4) is 11.5 Å². The van der Waals surface area contributed by atoms with Gasteiger partial charge in [-0.2, -0.15) is 0 Å². The van der Waals surface area contributed by atoms with Gasteiger partial charge in [0.15, 0.2) is 6.10 Å². The number of aryl methyl sites for hydroxylation is 1. The van der Waals surface area contributed by atoms with Crippen LogP contribution in [0, 0.1) is 6.92 Å². The number of nitrogens with zero attached hydrogens (tertiary/aromatic N) is 1. The van der Waals surface area contributed by atoms with E-state index in [1.54, 1.807) is 48.5 Å².